The van der Waals surface area contributed by atoms with Gasteiger partial charge in [0, 0.05) is 31.3 Å². The molecule has 28 heavy (non-hydrogen) atoms. The number of hydrogen-bond donors (Lipinski definition) is 0. The molecule has 1 aliphatic rings. The fourth-order valence-electron chi connectivity index (χ4n) is 3.87. The van der Waals surface area contributed by atoms with Gasteiger partial charge in [-0.1, -0.05) is 30.3 Å². The highest BCUT2D eigenvalue weighted by Gasteiger charge is 2.23. The van der Waals surface area contributed by atoms with E-state index in [4.69, 9.17) is 4.74 Å². The number of ether oxygens (including phenoxy) is 1. The molecule has 5 heteroatoms. The number of aromatic nitrogens is 3. The predicted octanol–water partition coefficient (Wildman–Crippen LogP) is 4.35. The zero-order valence-corrected chi connectivity index (χ0v) is 15.8. The van der Waals surface area contributed by atoms with Gasteiger partial charge in [-0.15, -0.1) is 0 Å². The van der Waals surface area contributed by atoms with Crippen molar-refractivity contribution in [2.75, 3.05) is 13.6 Å². The van der Waals surface area contributed by atoms with Crippen LogP contribution in [0.4, 0.5) is 0 Å². The standard InChI is InChI=1S/C23H22N4O/c1-26-12-11-22(28-20-5-3-2-4-6-20)21-9-7-17(13-19(21)14-26)18-8-10-23-24-16-25-27(23)15-18/h2-10,13,15-16,22H,11-12,14H2,1H3. The summed E-state index contributed by atoms with van der Waals surface area (Å²) in [5, 5.41) is 4.26. The molecular formula is C23H22N4O. The molecule has 2 aromatic heterocycles. The molecule has 2 aromatic carbocycles. The molecule has 0 bridgehead atoms. The van der Waals surface area contributed by atoms with Gasteiger partial charge in [0.15, 0.2) is 5.65 Å². The molecule has 0 saturated carbocycles. The third-order valence-electron chi connectivity index (χ3n) is 5.33. The maximum atomic E-state index is 6.35. The largest absolute Gasteiger partial charge is 0.486 e. The van der Waals surface area contributed by atoms with Crippen molar-refractivity contribution in [3.05, 3.63) is 84.3 Å². The molecule has 1 unspecified atom stereocenters. The van der Waals surface area contributed by atoms with Crippen molar-refractivity contribution in [1.29, 1.82) is 0 Å². The van der Waals surface area contributed by atoms with Gasteiger partial charge in [-0.3, -0.25) is 0 Å². The van der Waals surface area contributed by atoms with Gasteiger partial charge in [-0.05, 0) is 54.1 Å². The van der Waals surface area contributed by atoms with Crippen LogP contribution in [0, 0.1) is 0 Å². The smallest absolute Gasteiger partial charge is 0.155 e. The quantitative estimate of drug-likeness (QED) is 0.538. The second-order valence-corrected chi connectivity index (χ2v) is 7.34. The molecular weight excluding hydrogens is 348 g/mol. The minimum Gasteiger partial charge on any atom is -0.486 e. The van der Waals surface area contributed by atoms with E-state index in [-0.39, 0.29) is 6.10 Å². The van der Waals surface area contributed by atoms with Crippen LogP contribution in [0.5, 0.6) is 5.75 Å². The van der Waals surface area contributed by atoms with Crippen LogP contribution in [0.2, 0.25) is 0 Å². The fraction of sp³-hybridized carbons (Fsp3) is 0.217. The van der Waals surface area contributed by atoms with E-state index in [1.54, 1.807) is 6.33 Å². The molecule has 1 atom stereocenters. The third kappa shape index (κ3) is 3.25. The highest BCUT2D eigenvalue weighted by Crippen LogP contribution is 2.33. The lowest BCUT2D eigenvalue weighted by Crippen LogP contribution is -2.18. The Hall–Kier alpha value is -3.18. The van der Waals surface area contributed by atoms with E-state index in [0.29, 0.717) is 0 Å². The molecule has 0 fully saturated rings. The topological polar surface area (TPSA) is 42.7 Å². The number of benzene rings is 2. The molecule has 0 aliphatic carbocycles. The third-order valence-corrected chi connectivity index (χ3v) is 5.33. The molecule has 5 nitrogen and oxygen atoms in total. The van der Waals surface area contributed by atoms with Crippen molar-refractivity contribution in [3.63, 3.8) is 0 Å². The van der Waals surface area contributed by atoms with Crippen LogP contribution in [0.15, 0.2) is 73.2 Å². The highest BCUT2D eigenvalue weighted by atomic mass is 16.5. The first-order chi connectivity index (χ1) is 13.8. The Labute approximate surface area is 164 Å². The van der Waals surface area contributed by atoms with Crippen LogP contribution >= 0.6 is 0 Å². The zero-order chi connectivity index (χ0) is 18.9. The summed E-state index contributed by atoms with van der Waals surface area (Å²) >= 11 is 0. The first-order valence-electron chi connectivity index (χ1n) is 9.59. The second-order valence-electron chi connectivity index (χ2n) is 7.34. The summed E-state index contributed by atoms with van der Waals surface area (Å²) < 4.78 is 8.17. The van der Waals surface area contributed by atoms with Gasteiger partial charge in [-0.2, -0.15) is 5.10 Å². The fourth-order valence-corrected chi connectivity index (χ4v) is 3.87. The number of pyridine rings is 1. The molecule has 4 aromatic rings. The zero-order valence-electron chi connectivity index (χ0n) is 15.8. The molecule has 0 spiro atoms. The van der Waals surface area contributed by atoms with E-state index in [1.807, 2.05) is 47.1 Å². The Morgan fingerprint density at radius 3 is 2.75 bits per heavy atom. The number of fused-ring (bicyclic) bond motifs is 2. The molecule has 0 N–H and O–H groups in total. The minimum absolute atomic E-state index is 0.0641. The van der Waals surface area contributed by atoms with Crippen molar-refractivity contribution in [1.82, 2.24) is 19.5 Å². The summed E-state index contributed by atoms with van der Waals surface area (Å²) in [5.41, 5.74) is 5.77. The van der Waals surface area contributed by atoms with Crippen LogP contribution in [-0.2, 0) is 6.54 Å². The number of rotatable bonds is 3. The lowest BCUT2D eigenvalue weighted by Gasteiger charge is -2.20. The van der Waals surface area contributed by atoms with Gasteiger partial charge in [0.25, 0.3) is 0 Å². The molecule has 3 heterocycles. The summed E-state index contributed by atoms with van der Waals surface area (Å²) in [4.78, 5) is 6.58. The number of nitrogens with zero attached hydrogens (tertiary/aromatic N) is 4. The Morgan fingerprint density at radius 1 is 1.00 bits per heavy atom. The molecule has 1 aliphatic heterocycles. The Morgan fingerprint density at radius 2 is 1.86 bits per heavy atom. The van der Waals surface area contributed by atoms with Gasteiger partial charge < -0.3 is 9.64 Å². The van der Waals surface area contributed by atoms with Crippen molar-refractivity contribution in [2.24, 2.45) is 0 Å². The Bertz CT molecular complexity index is 1110. The highest BCUT2D eigenvalue weighted by molar-refractivity contribution is 5.66. The average Bonchev–Trinajstić information content (AvgIpc) is 3.14. The van der Waals surface area contributed by atoms with Crippen LogP contribution in [0.1, 0.15) is 23.7 Å². The van der Waals surface area contributed by atoms with E-state index in [1.165, 1.54) is 16.7 Å². The number of para-hydroxylation sites is 1. The normalized spacial score (nSPS) is 17.2. The predicted molar refractivity (Wildman–Crippen MR) is 109 cm³/mol. The monoisotopic (exact) mass is 370 g/mol. The summed E-state index contributed by atoms with van der Waals surface area (Å²) in [6.45, 7) is 1.93. The molecule has 140 valence electrons. The van der Waals surface area contributed by atoms with Gasteiger partial charge in [0.2, 0.25) is 0 Å². The maximum absolute atomic E-state index is 6.35. The van der Waals surface area contributed by atoms with Crippen LogP contribution in [-0.4, -0.2) is 33.1 Å². The second kappa shape index (κ2) is 7.09. The lowest BCUT2D eigenvalue weighted by atomic mass is 9.96. The van der Waals surface area contributed by atoms with E-state index in [9.17, 15) is 0 Å². The van der Waals surface area contributed by atoms with E-state index >= 15 is 0 Å². The molecule has 0 amide bonds. The minimum atomic E-state index is 0.0641. The summed E-state index contributed by atoms with van der Waals surface area (Å²) in [6.07, 6.45) is 4.65. The van der Waals surface area contributed by atoms with Crippen molar-refractivity contribution in [2.45, 2.75) is 19.1 Å². The lowest BCUT2D eigenvalue weighted by molar-refractivity contribution is 0.182. The SMILES string of the molecule is CN1CCC(Oc2ccccc2)c2ccc(-c3ccc4ncnn4c3)cc2C1. The molecule has 0 saturated heterocycles. The van der Waals surface area contributed by atoms with Crippen LogP contribution in [0.3, 0.4) is 0 Å². The van der Waals surface area contributed by atoms with Crippen LogP contribution in [0.25, 0.3) is 16.8 Å². The van der Waals surface area contributed by atoms with Gasteiger partial charge >= 0.3 is 0 Å². The van der Waals surface area contributed by atoms with Crippen molar-refractivity contribution >= 4 is 5.65 Å². The summed E-state index contributed by atoms with van der Waals surface area (Å²) in [7, 11) is 2.17. The van der Waals surface area contributed by atoms with Gasteiger partial charge in [-0.25, -0.2) is 9.50 Å². The summed E-state index contributed by atoms with van der Waals surface area (Å²) in [5.74, 6) is 0.920. The first kappa shape index (κ1) is 17.0. The Balaban J connectivity index is 1.52. The first-order valence-corrected chi connectivity index (χ1v) is 9.59. The average molecular weight is 370 g/mol. The van der Waals surface area contributed by atoms with E-state index in [0.717, 1.165) is 36.5 Å². The van der Waals surface area contributed by atoms with Gasteiger partial charge in [0.05, 0.1) is 0 Å². The maximum Gasteiger partial charge on any atom is 0.155 e. The summed E-state index contributed by atoms with van der Waals surface area (Å²) in [6, 6.07) is 20.9. The molecule has 0 radical (unpaired) electrons. The number of hydrogen-bond acceptors (Lipinski definition) is 4. The van der Waals surface area contributed by atoms with E-state index in [2.05, 4.69) is 46.3 Å². The van der Waals surface area contributed by atoms with Crippen molar-refractivity contribution < 1.29 is 4.74 Å². The van der Waals surface area contributed by atoms with Gasteiger partial charge in [0.1, 0.15) is 18.2 Å². The van der Waals surface area contributed by atoms with Crippen LogP contribution < -0.4 is 4.74 Å². The molecule has 5 rings (SSSR count). The Kier molecular flexibility index (Phi) is 4.29. The van der Waals surface area contributed by atoms with E-state index < -0.39 is 0 Å². The van der Waals surface area contributed by atoms with Crippen molar-refractivity contribution in [3.8, 4) is 16.9 Å².